The Morgan fingerprint density at radius 1 is 1.07 bits per heavy atom. The molecule has 6 nitrogen and oxygen atoms in total. The fourth-order valence-corrected chi connectivity index (χ4v) is 5.44. The fourth-order valence-electron chi connectivity index (χ4n) is 5.44. The number of nitrogens with one attached hydrogen (secondary N) is 1. The molecule has 210 valence electrons. The molecule has 3 heterocycles. The van der Waals surface area contributed by atoms with Gasteiger partial charge in [-0.3, -0.25) is 4.98 Å². The molecule has 40 heavy (non-hydrogen) atoms. The molecule has 1 aliphatic rings. The minimum absolute atomic E-state index is 0.0422. The number of ether oxygens (including phenoxy) is 1. The Kier molecular flexibility index (Phi) is 7.54. The minimum atomic E-state index is -4.53. The molecule has 0 unspecified atom stereocenters. The molecule has 5 rings (SSSR count). The summed E-state index contributed by atoms with van der Waals surface area (Å²) in [6.45, 7) is 11.2. The fraction of sp³-hybridized carbons (Fsp3) is 0.387. The van der Waals surface area contributed by atoms with E-state index in [0.29, 0.717) is 40.6 Å². The highest BCUT2D eigenvalue weighted by Crippen LogP contribution is 2.38. The van der Waals surface area contributed by atoms with Crippen LogP contribution in [0, 0.1) is 5.92 Å². The maximum atomic E-state index is 13.7. The van der Waals surface area contributed by atoms with E-state index in [-0.39, 0.29) is 17.7 Å². The van der Waals surface area contributed by atoms with Crippen LogP contribution < -0.4 is 5.32 Å². The van der Waals surface area contributed by atoms with Crippen molar-refractivity contribution >= 4 is 22.4 Å². The topological polar surface area (TPSA) is 63.2 Å². The van der Waals surface area contributed by atoms with Crippen LogP contribution in [0.15, 0.2) is 54.7 Å². The Hall–Kier alpha value is -3.56. The number of halogens is 3. The molecule has 0 atom stereocenters. The van der Waals surface area contributed by atoms with E-state index in [1.54, 1.807) is 18.2 Å². The first-order chi connectivity index (χ1) is 18.9. The van der Waals surface area contributed by atoms with Gasteiger partial charge in [-0.25, -0.2) is 9.97 Å². The van der Waals surface area contributed by atoms with Gasteiger partial charge in [0.2, 0.25) is 0 Å². The molecule has 0 saturated carbocycles. The van der Waals surface area contributed by atoms with Crippen LogP contribution in [0.5, 0.6) is 0 Å². The number of rotatable bonds is 7. The number of fused-ring (bicyclic) bond motifs is 2. The molecule has 2 aromatic heterocycles. The maximum Gasteiger partial charge on any atom is 0.418 e. The number of pyridine rings is 1. The third-order valence-corrected chi connectivity index (χ3v) is 7.01. The largest absolute Gasteiger partial charge is 0.418 e. The highest BCUT2D eigenvalue weighted by atomic mass is 19.4. The highest BCUT2D eigenvalue weighted by molar-refractivity contribution is 5.93. The van der Waals surface area contributed by atoms with Crippen molar-refractivity contribution in [2.45, 2.75) is 52.4 Å². The summed E-state index contributed by atoms with van der Waals surface area (Å²) < 4.78 is 47.0. The van der Waals surface area contributed by atoms with Gasteiger partial charge in [0.15, 0.2) is 5.82 Å². The van der Waals surface area contributed by atoms with Crippen LogP contribution in [0.2, 0.25) is 0 Å². The summed E-state index contributed by atoms with van der Waals surface area (Å²) >= 11 is 0. The lowest BCUT2D eigenvalue weighted by atomic mass is 9.78. The molecule has 0 radical (unpaired) electrons. The van der Waals surface area contributed by atoms with Crippen LogP contribution in [0.1, 0.15) is 50.2 Å². The van der Waals surface area contributed by atoms with E-state index >= 15 is 0 Å². The van der Waals surface area contributed by atoms with Crippen LogP contribution in [0.25, 0.3) is 22.2 Å². The predicted molar refractivity (Wildman–Crippen MR) is 151 cm³/mol. The van der Waals surface area contributed by atoms with Gasteiger partial charge in [0.25, 0.3) is 0 Å². The van der Waals surface area contributed by atoms with Crippen molar-refractivity contribution in [1.82, 2.24) is 19.9 Å². The molecule has 1 N–H and O–H groups in total. The lowest BCUT2D eigenvalue weighted by molar-refractivity contribution is -0.137. The van der Waals surface area contributed by atoms with Gasteiger partial charge in [-0.2, -0.15) is 13.2 Å². The van der Waals surface area contributed by atoms with E-state index in [1.807, 2.05) is 6.07 Å². The van der Waals surface area contributed by atoms with Gasteiger partial charge < -0.3 is 15.0 Å². The first-order valence-electron chi connectivity index (χ1n) is 13.4. The van der Waals surface area contributed by atoms with Crippen molar-refractivity contribution in [3.63, 3.8) is 0 Å². The van der Waals surface area contributed by atoms with Gasteiger partial charge in [-0.05, 0) is 60.5 Å². The third kappa shape index (κ3) is 5.95. The summed E-state index contributed by atoms with van der Waals surface area (Å²) in [7, 11) is 2.12. The van der Waals surface area contributed by atoms with E-state index < -0.39 is 11.7 Å². The van der Waals surface area contributed by atoms with Crippen molar-refractivity contribution in [2.24, 2.45) is 5.92 Å². The molecular weight excluding hydrogens is 515 g/mol. The zero-order valence-corrected chi connectivity index (χ0v) is 23.4. The Balaban J connectivity index is 1.57. The Bertz CT molecular complexity index is 1530. The van der Waals surface area contributed by atoms with Crippen molar-refractivity contribution in [3.05, 3.63) is 77.2 Å². The molecule has 0 saturated heterocycles. The normalized spacial score (nSPS) is 15.4. The maximum absolute atomic E-state index is 13.7. The molecule has 0 amide bonds. The average molecular weight is 550 g/mol. The molecule has 0 aliphatic carbocycles. The van der Waals surface area contributed by atoms with Crippen LogP contribution >= 0.6 is 0 Å². The molecule has 2 aromatic carbocycles. The van der Waals surface area contributed by atoms with E-state index in [9.17, 15) is 13.2 Å². The van der Waals surface area contributed by atoms with Gasteiger partial charge in [0.1, 0.15) is 12.4 Å². The van der Waals surface area contributed by atoms with E-state index in [4.69, 9.17) is 9.72 Å². The molecule has 1 aliphatic heterocycles. The van der Waals surface area contributed by atoms with Crippen molar-refractivity contribution in [1.29, 1.82) is 0 Å². The molecule has 0 spiro atoms. The summed E-state index contributed by atoms with van der Waals surface area (Å²) in [6, 6.07) is 13.7. The quantitative estimate of drug-likeness (QED) is 0.260. The van der Waals surface area contributed by atoms with Crippen LogP contribution in [-0.2, 0) is 29.5 Å². The van der Waals surface area contributed by atoms with Crippen molar-refractivity contribution in [2.75, 3.05) is 25.5 Å². The SMILES string of the molecule is CC(C)COCc1nc(Nc2ccc3c(c2)CN(C)CC3(C)C)c2ccc(-c3ncccc3C(F)(F)F)cc2n1. The van der Waals surface area contributed by atoms with Gasteiger partial charge in [0, 0.05) is 47.9 Å². The Morgan fingerprint density at radius 3 is 2.62 bits per heavy atom. The first-order valence-corrected chi connectivity index (χ1v) is 13.4. The molecule has 0 fully saturated rings. The average Bonchev–Trinajstić information content (AvgIpc) is 2.87. The lowest BCUT2D eigenvalue weighted by Crippen LogP contribution is -2.39. The summed E-state index contributed by atoms with van der Waals surface area (Å²) in [6.07, 6.45) is -3.16. The molecular formula is C31H34F3N5O. The monoisotopic (exact) mass is 549 g/mol. The number of nitrogens with zero attached hydrogens (tertiary/aromatic N) is 4. The Labute approximate surface area is 232 Å². The lowest BCUT2D eigenvalue weighted by Gasteiger charge is -2.38. The number of benzene rings is 2. The van der Waals surface area contributed by atoms with E-state index in [0.717, 1.165) is 24.8 Å². The minimum Gasteiger partial charge on any atom is -0.373 e. The summed E-state index contributed by atoms with van der Waals surface area (Å²) in [5.74, 6) is 1.36. The smallest absolute Gasteiger partial charge is 0.373 e. The summed E-state index contributed by atoms with van der Waals surface area (Å²) in [4.78, 5) is 15.8. The number of aromatic nitrogens is 3. The standard InChI is InChI=1S/C31H34F3N5O/c1-19(2)16-40-17-27-37-26-14-20(28-25(31(32,33)34)7-6-12-35-28)8-10-23(26)29(38-27)36-22-9-11-24-21(13-22)15-39(5)18-30(24,3)4/h6-14,19H,15-18H2,1-5H3,(H,36,37,38). The second-order valence-electron chi connectivity index (χ2n) is 11.6. The van der Waals surface area contributed by atoms with Gasteiger partial charge in [-0.15, -0.1) is 0 Å². The predicted octanol–water partition coefficient (Wildman–Crippen LogP) is 7.35. The van der Waals surface area contributed by atoms with Gasteiger partial charge in [0.05, 0.1) is 16.8 Å². The number of alkyl halides is 3. The van der Waals surface area contributed by atoms with Crippen molar-refractivity contribution < 1.29 is 17.9 Å². The van der Waals surface area contributed by atoms with Crippen molar-refractivity contribution in [3.8, 4) is 11.3 Å². The Morgan fingerprint density at radius 2 is 1.88 bits per heavy atom. The van der Waals surface area contributed by atoms with Crippen LogP contribution in [0.3, 0.4) is 0 Å². The van der Waals surface area contributed by atoms with E-state index in [1.165, 1.54) is 23.4 Å². The number of hydrogen-bond acceptors (Lipinski definition) is 6. The number of hydrogen-bond donors (Lipinski definition) is 1. The summed E-state index contributed by atoms with van der Waals surface area (Å²) in [5, 5.41) is 4.14. The molecule has 9 heteroatoms. The highest BCUT2D eigenvalue weighted by Gasteiger charge is 2.34. The zero-order valence-electron chi connectivity index (χ0n) is 23.4. The van der Waals surface area contributed by atoms with Crippen LogP contribution in [0.4, 0.5) is 24.7 Å². The third-order valence-electron chi connectivity index (χ3n) is 7.01. The van der Waals surface area contributed by atoms with Crippen LogP contribution in [-0.4, -0.2) is 40.1 Å². The zero-order chi connectivity index (χ0) is 28.7. The van der Waals surface area contributed by atoms with Gasteiger partial charge in [-0.1, -0.05) is 39.8 Å². The second kappa shape index (κ2) is 10.8. The second-order valence-corrected chi connectivity index (χ2v) is 11.6. The summed E-state index contributed by atoms with van der Waals surface area (Å²) in [5.41, 5.74) is 3.42. The number of likely N-dealkylation sites (N-methyl/N-ethyl adjacent to an activating group) is 1. The first kappa shape index (κ1) is 28.0. The molecule has 4 aromatic rings. The number of anilines is 2. The van der Waals surface area contributed by atoms with Gasteiger partial charge >= 0.3 is 6.18 Å². The molecule has 0 bridgehead atoms. The van der Waals surface area contributed by atoms with E-state index in [2.05, 4.69) is 67.1 Å².